The molecule has 1 N–H and O–H groups in total. The van der Waals surface area contributed by atoms with E-state index in [0.717, 1.165) is 25.7 Å². The Morgan fingerprint density at radius 1 is 1.04 bits per heavy atom. The van der Waals surface area contributed by atoms with E-state index in [1.165, 1.54) is 0 Å². The van der Waals surface area contributed by atoms with Crippen molar-refractivity contribution in [2.45, 2.75) is 32.6 Å². The van der Waals surface area contributed by atoms with Gasteiger partial charge in [-0.3, -0.25) is 9.59 Å². The van der Waals surface area contributed by atoms with E-state index in [-0.39, 0.29) is 29.7 Å². The van der Waals surface area contributed by atoms with E-state index in [0.29, 0.717) is 39.3 Å². The van der Waals surface area contributed by atoms with Crippen molar-refractivity contribution < 1.29 is 19.1 Å². The average molecular weight is 351 g/mol. The molecule has 140 valence electrons. The Morgan fingerprint density at radius 3 is 2.16 bits per heavy atom. The van der Waals surface area contributed by atoms with E-state index >= 15 is 0 Å². The topological polar surface area (TPSA) is 79.0 Å². The fraction of sp³-hybridized carbons (Fsp3) is 0.722. The molecule has 1 aliphatic carbocycles. The Hall–Kier alpha value is -2.05. The molecule has 0 aromatic rings. The van der Waals surface area contributed by atoms with Crippen LogP contribution in [-0.4, -0.2) is 67.0 Å². The maximum absolute atomic E-state index is 12.7. The molecular formula is C18H29N3O4. The molecule has 0 atom stereocenters. The highest BCUT2D eigenvalue weighted by Crippen LogP contribution is 2.30. The van der Waals surface area contributed by atoms with Gasteiger partial charge >= 0.3 is 6.09 Å². The summed E-state index contributed by atoms with van der Waals surface area (Å²) in [5, 5.41) is 2.83. The van der Waals surface area contributed by atoms with E-state index in [1.54, 1.807) is 17.9 Å². The summed E-state index contributed by atoms with van der Waals surface area (Å²) in [5.41, 5.74) is 0. The number of hydrogen-bond donors (Lipinski definition) is 1. The molecule has 0 bridgehead atoms. The predicted molar refractivity (Wildman–Crippen MR) is 93.8 cm³/mol. The lowest BCUT2D eigenvalue weighted by Crippen LogP contribution is -2.52. The second kappa shape index (κ2) is 9.44. The van der Waals surface area contributed by atoms with Gasteiger partial charge in [-0.25, -0.2) is 4.79 Å². The van der Waals surface area contributed by atoms with Gasteiger partial charge in [-0.15, -0.1) is 6.58 Å². The van der Waals surface area contributed by atoms with Crippen molar-refractivity contribution in [2.24, 2.45) is 11.8 Å². The van der Waals surface area contributed by atoms with Crippen LogP contribution in [0.2, 0.25) is 0 Å². The van der Waals surface area contributed by atoms with Gasteiger partial charge in [-0.1, -0.05) is 6.08 Å². The summed E-state index contributed by atoms with van der Waals surface area (Å²) < 4.78 is 5.00. The zero-order valence-electron chi connectivity index (χ0n) is 15.0. The molecule has 2 rings (SSSR count). The number of rotatable bonds is 5. The number of nitrogens with one attached hydrogen (secondary N) is 1. The second-order valence-electron chi connectivity index (χ2n) is 6.59. The molecule has 0 radical (unpaired) electrons. The standard InChI is InChI=1S/C18H29N3O4/c1-3-9-19-16(22)14-5-7-15(8-6-14)17(23)20-10-12-21(13-11-20)18(24)25-4-2/h3,14-15H,1,4-13H2,2H3,(H,19,22). The highest BCUT2D eigenvalue weighted by Gasteiger charge is 2.33. The molecular weight excluding hydrogens is 322 g/mol. The average Bonchev–Trinajstić information content (AvgIpc) is 2.66. The SMILES string of the molecule is C=CCNC(=O)C1CCC(C(=O)N2CCN(C(=O)OCC)CC2)CC1. The molecule has 7 heteroatoms. The van der Waals surface area contributed by atoms with E-state index in [9.17, 15) is 14.4 Å². The molecule has 0 unspecified atom stereocenters. The fourth-order valence-corrected chi connectivity index (χ4v) is 3.50. The molecule has 25 heavy (non-hydrogen) atoms. The van der Waals surface area contributed by atoms with Crippen LogP contribution in [0.25, 0.3) is 0 Å². The van der Waals surface area contributed by atoms with Gasteiger partial charge < -0.3 is 19.9 Å². The first-order valence-electron chi connectivity index (χ1n) is 9.15. The summed E-state index contributed by atoms with van der Waals surface area (Å²) in [6.07, 6.45) is 4.38. The van der Waals surface area contributed by atoms with Crippen molar-refractivity contribution in [2.75, 3.05) is 39.3 Å². The molecule has 7 nitrogen and oxygen atoms in total. The second-order valence-corrected chi connectivity index (χ2v) is 6.59. The van der Waals surface area contributed by atoms with Crippen molar-refractivity contribution in [3.05, 3.63) is 12.7 Å². The van der Waals surface area contributed by atoms with Crippen LogP contribution in [0.15, 0.2) is 12.7 Å². The van der Waals surface area contributed by atoms with Crippen molar-refractivity contribution in [1.82, 2.24) is 15.1 Å². The molecule has 0 aromatic carbocycles. The minimum Gasteiger partial charge on any atom is -0.450 e. The van der Waals surface area contributed by atoms with Gasteiger partial charge in [0.05, 0.1) is 6.61 Å². The van der Waals surface area contributed by atoms with Crippen molar-refractivity contribution in [1.29, 1.82) is 0 Å². The molecule has 1 aliphatic heterocycles. The third-order valence-corrected chi connectivity index (χ3v) is 4.99. The molecule has 0 spiro atoms. The minimum atomic E-state index is -0.305. The van der Waals surface area contributed by atoms with Gasteiger partial charge in [0.2, 0.25) is 11.8 Å². The smallest absolute Gasteiger partial charge is 0.409 e. The summed E-state index contributed by atoms with van der Waals surface area (Å²) in [7, 11) is 0. The fourth-order valence-electron chi connectivity index (χ4n) is 3.50. The zero-order chi connectivity index (χ0) is 18.2. The number of hydrogen-bond acceptors (Lipinski definition) is 4. The normalized spacial score (nSPS) is 23.7. The Kier molecular flexibility index (Phi) is 7.28. The largest absolute Gasteiger partial charge is 0.450 e. The van der Waals surface area contributed by atoms with Gasteiger partial charge in [-0.2, -0.15) is 0 Å². The molecule has 1 heterocycles. The lowest BCUT2D eigenvalue weighted by molar-refractivity contribution is -0.139. The summed E-state index contributed by atoms with van der Waals surface area (Å²) in [5.74, 6) is 0.226. The number of carbonyl (C=O) groups excluding carboxylic acids is 3. The highest BCUT2D eigenvalue weighted by atomic mass is 16.6. The molecule has 0 aromatic heterocycles. The van der Waals surface area contributed by atoms with Crippen LogP contribution in [0.3, 0.4) is 0 Å². The van der Waals surface area contributed by atoms with E-state index in [4.69, 9.17) is 4.74 Å². The lowest BCUT2D eigenvalue weighted by atomic mass is 9.81. The number of amides is 3. The Morgan fingerprint density at radius 2 is 1.60 bits per heavy atom. The Bertz CT molecular complexity index is 493. The van der Waals surface area contributed by atoms with E-state index in [2.05, 4.69) is 11.9 Å². The van der Waals surface area contributed by atoms with Crippen LogP contribution in [-0.2, 0) is 14.3 Å². The van der Waals surface area contributed by atoms with Crippen molar-refractivity contribution in [3.63, 3.8) is 0 Å². The molecule has 1 saturated heterocycles. The summed E-state index contributed by atoms with van der Waals surface area (Å²) in [6, 6.07) is 0. The van der Waals surface area contributed by atoms with E-state index in [1.807, 2.05) is 4.90 Å². The monoisotopic (exact) mass is 351 g/mol. The Balaban J connectivity index is 1.75. The molecule has 2 fully saturated rings. The van der Waals surface area contributed by atoms with E-state index < -0.39 is 0 Å². The number of piperazine rings is 1. The first-order valence-corrected chi connectivity index (χ1v) is 9.15. The maximum atomic E-state index is 12.7. The van der Waals surface area contributed by atoms with Crippen LogP contribution in [0, 0.1) is 11.8 Å². The van der Waals surface area contributed by atoms with Gasteiger partial charge in [0.15, 0.2) is 0 Å². The van der Waals surface area contributed by atoms with Crippen LogP contribution in [0.5, 0.6) is 0 Å². The summed E-state index contributed by atoms with van der Waals surface area (Å²) in [4.78, 5) is 39.9. The third kappa shape index (κ3) is 5.21. The van der Waals surface area contributed by atoms with Gasteiger partial charge in [-0.05, 0) is 32.6 Å². The molecule has 3 amide bonds. The van der Waals surface area contributed by atoms with Crippen LogP contribution < -0.4 is 5.32 Å². The van der Waals surface area contributed by atoms with Crippen LogP contribution in [0.4, 0.5) is 4.79 Å². The third-order valence-electron chi connectivity index (χ3n) is 4.99. The predicted octanol–water partition coefficient (Wildman–Crippen LogP) is 1.40. The van der Waals surface area contributed by atoms with Crippen LogP contribution >= 0.6 is 0 Å². The number of carbonyl (C=O) groups is 3. The Labute approximate surface area is 149 Å². The number of nitrogens with zero attached hydrogens (tertiary/aromatic N) is 2. The maximum Gasteiger partial charge on any atom is 0.409 e. The number of ether oxygens (including phenoxy) is 1. The van der Waals surface area contributed by atoms with Crippen molar-refractivity contribution >= 4 is 17.9 Å². The minimum absolute atomic E-state index is 0.00222. The quantitative estimate of drug-likeness (QED) is 0.759. The zero-order valence-corrected chi connectivity index (χ0v) is 15.0. The van der Waals surface area contributed by atoms with Crippen LogP contribution in [0.1, 0.15) is 32.6 Å². The molecule has 1 saturated carbocycles. The van der Waals surface area contributed by atoms with Gasteiger partial charge in [0, 0.05) is 44.6 Å². The van der Waals surface area contributed by atoms with Gasteiger partial charge in [0.25, 0.3) is 0 Å². The molecule has 2 aliphatic rings. The lowest BCUT2D eigenvalue weighted by Gasteiger charge is -2.37. The first kappa shape index (κ1) is 19.3. The van der Waals surface area contributed by atoms with Crippen molar-refractivity contribution in [3.8, 4) is 0 Å². The first-order chi connectivity index (χ1) is 12.1. The summed E-state index contributed by atoms with van der Waals surface area (Å²) in [6.45, 7) is 8.37. The highest BCUT2D eigenvalue weighted by molar-refractivity contribution is 5.81. The van der Waals surface area contributed by atoms with Gasteiger partial charge in [0.1, 0.15) is 0 Å². The summed E-state index contributed by atoms with van der Waals surface area (Å²) >= 11 is 0.